The van der Waals surface area contributed by atoms with Crippen LogP contribution in [-0.4, -0.2) is 55.8 Å². The highest BCUT2D eigenvalue weighted by Gasteiger charge is 2.30. The molecule has 0 bridgehead atoms. The van der Waals surface area contributed by atoms with Crippen molar-refractivity contribution in [3.8, 4) is 28.7 Å². The average molecular weight is 670 g/mol. The fraction of sp³-hybridized carbons (Fsp3) is 0.463. The summed E-state index contributed by atoms with van der Waals surface area (Å²) in [6.45, 7) is 19.0. The monoisotopic (exact) mass is 669 g/mol. The van der Waals surface area contributed by atoms with Crippen molar-refractivity contribution in [2.45, 2.75) is 80.8 Å². The minimum atomic E-state index is -0.682. The molecule has 2 aliphatic rings. The van der Waals surface area contributed by atoms with Gasteiger partial charge in [0.05, 0.1) is 22.5 Å². The van der Waals surface area contributed by atoms with Crippen molar-refractivity contribution in [2.24, 2.45) is 10.8 Å². The van der Waals surface area contributed by atoms with E-state index in [2.05, 4.69) is 17.0 Å². The number of nitrogens with zero attached hydrogens (tertiary/aromatic N) is 1. The minimum absolute atomic E-state index is 0.156. The molecule has 0 amide bonds. The Balaban J connectivity index is 1.54. The van der Waals surface area contributed by atoms with Crippen LogP contribution in [0.4, 0.5) is 0 Å². The van der Waals surface area contributed by atoms with E-state index >= 15 is 0 Å². The molecule has 8 heteroatoms. The number of rotatable bonds is 10. The summed E-state index contributed by atoms with van der Waals surface area (Å²) in [5.74, 6) is 2.11. The summed E-state index contributed by atoms with van der Waals surface area (Å²) in [6, 6.07) is 19.1. The van der Waals surface area contributed by atoms with E-state index in [0.29, 0.717) is 29.6 Å². The second-order valence-electron chi connectivity index (χ2n) is 15.2. The van der Waals surface area contributed by atoms with Crippen LogP contribution in [0.1, 0.15) is 91.3 Å². The van der Waals surface area contributed by atoms with E-state index < -0.39 is 10.8 Å². The van der Waals surface area contributed by atoms with Crippen molar-refractivity contribution < 1.29 is 33.3 Å². The number of hydrogen-bond donors (Lipinski definition) is 0. The Kier molecular flexibility index (Phi) is 11.1. The summed E-state index contributed by atoms with van der Waals surface area (Å²) < 4.78 is 30.4. The van der Waals surface area contributed by atoms with Crippen LogP contribution >= 0.6 is 0 Å². The predicted molar refractivity (Wildman–Crippen MR) is 192 cm³/mol. The van der Waals surface area contributed by atoms with E-state index in [4.69, 9.17) is 23.7 Å². The molecule has 0 aromatic heterocycles. The first kappa shape index (κ1) is 36.0. The zero-order valence-electron chi connectivity index (χ0n) is 30.3. The number of carbonyl (C=O) groups is 2. The van der Waals surface area contributed by atoms with Gasteiger partial charge >= 0.3 is 11.9 Å². The average Bonchev–Trinajstić information content (AvgIpc) is 3.04. The third-order valence-electron chi connectivity index (χ3n) is 8.44. The molecule has 0 aliphatic carbocycles. The van der Waals surface area contributed by atoms with Gasteiger partial charge in [-0.3, -0.25) is 14.5 Å². The van der Waals surface area contributed by atoms with E-state index in [1.165, 1.54) is 19.3 Å². The van der Waals surface area contributed by atoms with E-state index in [-0.39, 0.29) is 24.6 Å². The molecule has 1 fully saturated rings. The number of likely N-dealkylation sites (tertiary alicyclic amines) is 1. The number of fused-ring (bicyclic) bond motifs is 1. The number of ether oxygens (including phenoxy) is 5. The maximum absolute atomic E-state index is 12.8. The van der Waals surface area contributed by atoms with Crippen molar-refractivity contribution in [3.63, 3.8) is 0 Å². The number of esters is 2. The van der Waals surface area contributed by atoms with Crippen molar-refractivity contribution in [3.05, 3.63) is 77.4 Å². The molecule has 0 unspecified atom stereocenters. The first-order chi connectivity index (χ1) is 23.2. The van der Waals surface area contributed by atoms with Gasteiger partial charge in [0.2, 0.25) is 0 Å². The van der Waals surface area contributed by atoms with Crippen LogP contribution in [0.3, 0.4) is 0 Å². The maximum atomic E-state index is 12.8. The van der Waals surface area contributed by atoms with Crippen LogP contribution in [-0.2, 0) is 9.59 Å². The Bertz CT molecular complexity index is 1650. The van der Waals surface area contributed by atoms with E-state index in [1.54, 1.807) is 24.3 Å². The number of benzene rings is 3. The van der Waals surface area contributed by atoms with Crippen molar-refractivity contribution in [2.75, 3.05) is 32.8 Å². The highest BCUT2D eigenvalue weighted by molar-refractivity contribution is 6.03. The predicted octanol–water partition coefficient (Wildman–Crippen LogP) is 8.59. The third-order valence-corrected chi connectivity index (χ3v) is 8.44. The summed E-state index contributed by atoms with van der Waals surface area (Å²) >= 11 is 0. The molecule has 2 heterocycles. The van der Waals surface area contributed by atoms with Crippen molar-refractivity contribution in [1.29, 1.82) is 0 Å². The molecule has 0 radical (unpaired) electrons. The molecule has 2 aliphatic heterocycles. The van der Waals surface area contributed by atoms with Gasteiger partial charge in [-0.05, 0) is 117 Å². The smallest absolute Gasteiger partial charge is 0.316 e. The topological polar surface area (TPSA) is 83.5 Å². The van der Waals surface area contributed by atoms with Crippen LogP contribution in [0.15, 0.2) is 60.7 Å². The van der Waals surface area contributed by atoms with Gasteiger partial charge in [0, 0.05) is 29.8 Å². The number of piperidine rings is 1. The van der Waals surface area contributed by atoms with Gasteiger partial charge in [0.25, 0.3) is 0 Å². The summed E-state index contributed by atoms with van der Waals surface area (Å²) in [5.41, 5.74) is 3.21. The number of carbonyl (C=O) groups excluding carboxylic acids is 2. The summed E-state index contributed by atoms with van der Waals surface area (Å²) in [6.07, 6.45) is 3.67. The van der Waals surface area contributed by atoms with E-state index in [1.807, 2.05) is 79.7 Å². The Labute approximate surface area is 291 Å². The second kappa shape index (κ2) is 15.1. The van der Waals surface area contributed by atoms with Gasteiger partial charge in [-0.1, -0.05) is 30.7 Å². The lowest BCUT2D eigenvalue weighted by Crippen LogP contribution is -2.33. The zero-order valence-corrected chi connectivity index (χ0v) is 30.3. The Hall–Kier alpha value is -4.30. The standard InChI is InChI=1S/C41H51NO7/c1-27(2)47-35-25-32(49-39(44)41(6,7)8)24-34-37(35)36(29-14-16-30(17-15-29)45-23-22-42-20-10-9-11-21-42)33(26-46-34)28-12-18-31(19-13-28)48-38(43)40(3,4)5/h12-19,24-25,27H,9-11,20-23,26H2,1-8H3. The normalized spacial score (nSPS) is 15.4. The Morgan fingerprint density at radius 3 is 1.92 bits per heavy atom. The van der Waals surface area contributed by atoms with Gasteiger partial charge < -0.3 is 23.7 Å². The molecule has 0 N–H and O–H groups in total. The fourth-order valence-corrected chi connectivity index (χ4v) is 5.69. The van der Waals surface area contributed by atoms with Gasteiger partial charge in [-0.2, -0.15) is 0 Å². The van der Waals surface area contributed by atoms with Crippen LogP contribution in [0.5, 0.6) is 28.7 Å². The third kappa shape index (κ3) is 9.24. The molecule has 0 atom stereocenters. The summed E-state index contributed by atoms with van der Waals surface area (Å²) in [7, 11) is 0. The van der Waals surface area contributed by atoms with Gasteiger partial charge in [-0.15, -0.1) is 0 Å². The molecule has 262 valence electrons. The van der Waals surface area contributed by atoms with E-state index in [9.17, 15) is 9.59 Å². The van der Waals surface area contributed by atoms with Crippen LogP contribution < -0.4 is 23.7 Å². The molecule has 3 aromatic carbocycles. The number of hydrogen-bond acceptors (Lipinski definition) is 8. The summed E-state index contributed by atoms with van der Waals surface area (Å²) in [4.78, 5) is 27.8. The zero-order chi connectivity index (χ0) is 35.3. The van der Waals surface area contributed by atoms with Gasteiger partial charge in [0.1, 0.15) is 42.0 Å². The lowest BCUT2D eigenvalue weighted by Gasteiger charge is -2.28. The molecule has 0 spiro atoms. The molecule has 0 saturated carbocycles. The van der Waals surface area contributed by atoms with Gasteiger partial charge in [-0.25, -0.2) is 0 Å². The molecule has 49 heavy (non-hydrogen) atoms. The first-order valence-corrected chi connectivity index (χ1v) is 17.4. The molecule has 1 saturated heterocycles. The highest BCUT2D eigenvalue weighted by Crippen LogP contribution is 2.48. The van der Waals surface area contributed by atoms with Crippen LogP contribution in [0, 0.1) is 10.8 Å². The lowest BCUT2D eigenvalue weighted by atomic mass is 9.87. The molecule has 5 rings (SSSR count). The minimum Gasteiger partial charge on any atom is -0.492 e. The Morgan fingerprint density at radius 2 is 1.33 bits per heavy atom. The van der Waals surface area contributed by atoms with Crippen molar-refractivity contribution >= 4 is 23.1 Å². The second-order valence-corrected chi connectivity index (χ2v) is 15.2. The Morgan fingerprint density at radius 1 is 0.755 bits per heavy atom. The van der Waals surface area contributed by atoms with E-state index in [0.717, 1.165) is 53.2 Å². The molecule has 3 aromatic rings. The first-order valence-electron chi connectivity index (χ1n) is 17.4. The lowest BCUT2D eigenvalue weighted by molar-refractivity contribution is -0.143. The largest absolute Gasteiger partial charge is 0.492 e. The SMILES string of the molecule is CC(C)Oc1cc(OC(=O)C(C)(C)C)cc2c1C(c1ccc(OCCN3CCCCC3)cc1)=C(c1ccc(OC(=O)C(C)(C)C)cc1)CO2. The van der Waals surface area contributed by atoms with Crippen LogP contribution in [0.2, 0.25) is 0 Å². The molecular weight excluding hydrogens is 618 g/mol. The fourth-order valence-electron chi connectivity index (χ4n) is 5.69. The van der Waals surface area contributed by atoms with Crippen LogP contribution in [0.25, 0.3) is 11.1 Å². The maximum Gasteiger partial charge on any atom is 0.316 e. The quantitative estimate of drug-likeness (QED) is 0.157. The summed E-state index contributed by atoms with van der Waals surface area (Å²) in [5, 5.41) is 0. The molecule has 8 nitrogen and oxygen atoms in total. The highest BCUT2D eigenvalue weighted by atomic mass is 16.5. The van der Waals surface area contributed by atoms with Gasteiger partial charge in [0.15, 0.2) is 0 Å². The molecular formula is C41H51NO7. The van der Waals surface area contributed by atoms with Crippen molar-refractivity contribution in [1.82, 2.24) is 4.90 Å².